The molecule has 1 saturated heterocycles. The zero-order chi connectivity index (χ0) is 9.26. The minimum atomic E-state index is -0.313. The van der Waals surface area contributed by atoms with Gasteiger partial charge in [0, 0.05) is 9.13 Å². The van der Waals surface area contributed by atoms with E-state index in [2.05, 4.69) is 22.6 Å². The Hall–Kier alpha value is -0.200. The number of hydrogen-bond donors (Lipinski definition) is 0. The summed E-state index contributed by atoms with van der Waals surface area (Å²) in [5.41, 5.74) is 0.902. The van der Waals surface area contributed by atoms with Crippen LogP contribution < -0.4 is 0 Å². The van der Waals surface area contributed by atoms with Crippen LogP contribution in [0.4, 0.5) is 4.39 Å². The summed E-state index contributed by atoms with van der Waals surface area (Å²) in [7, 11) is 0. The predicted molar refractivity (Wildman–Crippen MR) is 53.8 cm³/mol. The molecule has 0 unspecified atom stereocenters. The Bertz CT molecular complexity index is 310. The van der Waals surface area contributed by atoms with Crippen molar-refractivity contribution >= 4 is 22.6 Å². The average Bonchev–Trinajstić information content (AvgIpc) is 2.56. The zero-order valence-corrected chi connectivity index (χ0v) is 8.95. The van der Waals surface area contributed by atoms with Crippen molar-refractivity contribution in [1.29, 1.82) is 0 Å². The summed E-state index contributed by atoms with van der Waals surface area (Å²) >= 11 is 2.08. The molecule has 0 aromatic heterocycles. The largest absolute Gasteiger partial charge is 0.346 e. The molecule has 0 amide bonds. The summed E-state index contributed by atoms with van der Waals surface area (Å²) in [6.45, 7) is 1.22. The molecule has 1 aliphatic heterocycles. The maximum Gasteiger partial charge on any atom is 0.185 e. The van der Waals surface area contributed by atoms with Crippen molar-refractivity contribution in [3.63, 3.8) is 0 Å². The van der Waals surface area contributed by atoms with Gasteiger partial charge in [-0.25, -0.2) is 4.39 Å². The molecule has 1 aliphatic rings. The average molecular weight is 294 g/mol. The summed E-state index contributed by atoms with van der Waals surface area (Å²) in [6.07, 6.45) is -0.313. The highest BCUT2D eigenvalue weighted by atomic mass is 127. The van der Waals surface area contributed by atoms with E-state index in [0.29, 0.717) is 13.2 Å². The van der Waals surface area contributed by atoms with E-state index in [4.69, 9.17) is 9.47 Å². The van der Waals surface area contributed by atoms with Gasteiger partial charge in [-0.2, -0.15) is 0 Å². The van der Waals surface area contributed by atoms with Gasteiger partial charge in [-0.3, -0.25) is 0 Å². The molecule has 0 radical (unpaired) electrons. The van der Waals surface area contributed by atoms with Gasteiger partial charge in [0.1, 0.15) is 5.82 Å². The van der Waals surface area contributed by atoms with Crippen LogP contribution in [0.15, 0.2) is 18.2 Å². The van der Waals surface area contributed by atoms with Gasteiger partial charge >= 0.3 is 0 Å². The first-order valence-corrected chi connectivity index (χ1v) is 5.03. The Balaban J connectivity index is 2.29. The Morgan fingerprint density at radius 1 is 1.31 bits per heavy atom. The van der Waals surface area contributed by atoms with Crippen LogP contribution in [0.25, 0.3) is 0 Å². The van der Waals surface area contributed by atoms with Gasteiger partial charge in [0.2, 0.25) is 0 Å². The highest BCUT2D eigenvalue weighted by molar-refractivity contribution is 14.1. The number of benzene rings is 1. The second-order valence-electron chi connectivity index (χ2n) is 2.74. The van der Waals surface area contributed by atoms with Gasteiger partial charge < -0.3 is 9.47 Å². The second kappa shape index (κ2) is 3.89. The third-order valence-corrected chi connectivity index (χ3v) is 2.77. The first-order valence-electron chi connectivity index (χ1n) is 3.95. The van der Waals surface area contributed by atoms with Crippen LogP contribution in [-0.2, 0) is 9.47 Å². The first kappa shape index (κ1) is 9.36. The molecule has 1 aromatic carbocycles. The highest BCUT2D eigenvalue weighted by Gasteiger charge is 2.20. The molecule has 0 atom stereocenters. The third-order valence-electron chi connectivity index (χ3n) is 1.84. The van der Waals surface area contributed by atoms with Gasteiger partial charge in [0.05, 0.1) is 13.2 Å². The molecule has 0 N–H and O–H groups in total. The second-order valence-corrected chi connectivity index (χ2v) is 3.90. The third kappa shape index (κ3) is 2.00. The summed E-state index contributed by atoms with van der Waals surface area (Å²) in [5.74, 6) is -0.230. The molecular formula is C9H8FIO2. The highest BCUT2D eigenvalue weighted by Crippen LogP contribution is 2.27. The summed E-state index contributed by atoms with van der Waals surface area (Å²) in [5, 5.41) is 0. The van der Waals surface area contributed by atoms with Gasteiger partial charge in [-0.1, -0.05) is 0 Å². The number of halogens is 2. The van der Waals surface area contributed by atoms with Crippen molar-refractivity contribution in [1.82, 2.24) is 0 Å². The molecule has 70 valence electrons. The fourth-order valence-electron chi connectivity index (χ4n) is 1.23. The Kier molecular flexibility index (Phi) is 2.80. The van der Waals surface area contributed by atoms with E-state index >= 15 is 0 Å². The number of ether oxygens (including phenoxy) is 2. The van der Waals surface area contributed by atoms with Gasteiger partial charge in [-0.05, 0) is 40.8 Å². The SMILES string of the molecule is Fc1ccc(C2OCCO2)c(I)c1. The van der Waals surface area contributed by atoms with Crippen molar-refractivity contribution in [2.75, 3.05) is 13.2 Å². The van der Waals surface area contributed by atoms with Crippen LogP contribution in [0.2, 0.25) is 0 Å². The minimum Gasteiger partial charge on any atom is -0.346 e. The van der Waals surface area contributed by atoms with E-state index in [1.165, 1.54) is 12.1 Å². The van der Waals surface area contributed by atoms with Crippen molar-refractivity contribution in [2.45, 2.75) is 6.29 Å². The summed E-state index contributed by atoms with van der Waals surface area (Å²) in [6, 6.07) is 4.59. The van der Waals surface area contributed by atoms with Crippen LogP contribution in [-0.4, -0.2) is 13.2 Å². The first-order chi connectivity index (χ1) is 6.27. The normalized spacial score (nSPS) is 18.0. The van der Waals surface area contributed by atoms with Gasteiger partial charge in [0.25, 0.3) is 0 Å². The standard InChI is InChI=1S/C9H8FIO2/c10-6-1-2-7(8(11)5-6)9-12-3-4-13-9/h1-2,5,9H,3-4H2. The fourth-order valence-corrected chi connectivity index (χ4v) is 1.96. The van der Waals surface area contributed by atoms with Crippen molar-refractivity contribution in [3.8, 4) is 0 Å². The van der Waals surface area contributed by atoms with Gasteiger partial charge in [0.15, 0.2) is 6.29 Å². The lowest BCUT2D eigenvalue weighted by Crippen LogP contribution is -2.00. The Labute approximate surface area is 89.2 Å². The van der Waals surface area contributed by atoms with Crippen LogP contribution in [0.3, 0.4) is 0 Å². The monoisotopic (exact) mass is 294 g/mol. The molecule has 1 fully saturated rings. The molecular weight excluding hydrogens is 286 g/mol. The maximum atomic E-state index is 12.7. The van der Waals surface area contributed by atoms with Crippen LogP contribution in [0, 0.1) is 9.39 Å². The Morgan fingerprint density at radius 2 is 2.00 bits per heavy atom. The van der Waals surface area contributed by atoms with Gasteiger partial charge in [-0.15, -0.1) is 0 Å². The quantitative estimate of drug-likeness (QED) is 0.741. The molecule has 2 rings (SSSR count). The molecule has 13 heavy (non-hydrogen) atoms. The molecule has 0 saturated carbocycles. The predicted octanol–water partition coefficient (Wildman–Crippen LogP) is 2.48. The molecule has 1 aromatic rings. The number of hydrogen-bond acceptors (Lipinski definition) is 2. The van der Waals surface area contributed by atoms with Crippen LogP contribution in [0.1, 0.15) is 11.9 Å². The van der Waals surface area contributed by atoms with E-state index in [1.807, 2.05) is 0 Å². The molecule has 0 bridgehead atoms. The number of rotatable bonds is 1. The van der Waals surface area contributed by atoms with Crippen LogP contribution in [0.5, 0.6) is 0 Å². The Morgan fingerprint density at radius 3 is 2.62 bits per heavy atom. The van der Waals surface area contributed by atoms with Crippen molar-refractivity contribution in [2.24, 2.45) is 0 Å². The molecule has 2 nitrogen and oxygen atoms in total. The minimum absolute atomic E-state index is 0.230. The van der Waals surface area contributed by atoms with E-state index in [1.54, 1.807) is 6.07 Å². The molecule has 4 heteroatoms. The van der Waals surface area contributed by atoms with E-state index < -0.39 is 0 Å². The lowest BCUT2D eigenvalue weighted by molar-refractivity contribution is -0.0447. The maximum absolute atomic E-state index is 12.7. The summed E-state index contributed by atoms with van der Waals surface area (Å²) < 4.78 is 24.2. The topological polar surface area (TPSA) is 18.5 Å². The summed E-state index contributed by atoms with van der Waals surface area (Å²) in [4.78, 5) is 0. The molecule has 1 heterocycles. The lowest BCUT2D eigenvalue weighted by atomic mass is 10.2. The smallest absolute Gasteiger partial charge is 0.185 e. The van der Waals surface area contributed by atoms with E-state index in [0.717, 1.165) is 9.13 Å². The van der Waals surface area contributed by atoms with Crippen molar-refractivity contribution in [3.05, 3.63) is 33.1 Å². The van der Waals surface area contributed by atoms with E-state index in [9.17, 15) is 4.39 Å². The zero-order valence-electron chi connectivity index (χ0n) is 6.80. The lowest BCUT2D eigenvalue weighted by Gasteiger charge is -2.10. The molecule has 0 aliphatic carbocycles. The van der Waals surface area contributed by atoms with Crippen LogP contribution >= 0.6 is 22.6 Å². The molecule has 0 spiro atoms. The van der Waals surface area contributed by atoms with Crippen molar-refractivity contribution < 1.29 is 13.9 Å². The van der Waals surface area contributed by atoms with E-state index in [-0.39, 0.29) is 12.1 Å². The fraction of sp³-hybridized carbons (Fsp3) is 0.333.